The SMILES string of the molecule is CC(C)(C)OC(=O)CCc1ccnc(C#N)c1. The average molecular weight is 232 g/mol. The third-order valence-corrected chi connectivity index (χ3v) is 1.98. The molecule has 0 unspecified atom stereocenters. The molecule has 4 nitrogen and oxygen atoms in total. The lowest BCUT2D eigenvalue weighted by Crippen LogP contribution is -2.24. The second-order valence-electron chi connectivity index (χ2n) is 4.75. The van der Waals surface area contributed by atoms with Crippen LogP contribution in [-0.2, 0) is 16.0 Å². The van der Waals surface area contributed by atoms with E-state index >= 15 is 0 Å². The van der Waals surface area contributed by atoms with Gasteiger partial charge in [0, 0.05) is 12.6 Å². The predicted molar refractivity (Wildman–Crippen MR) is 63.1 cm³/mol. The maximum absolute atomic E-state index is 11.5. The minimum absolute atomic E-state index is 0.229. The number of carbonyl (C=O) groups is 1. The van der Waals surface area contributed by atoms with E-state index in [4.69, 9.17) is 10.00 Å². The summed E-state index contributed by atoms with van der Waals surface area (Å²) in [6.45, 7) is 5.52. The molecule has 0 aromatic carbocycles. The van der Waals surface area contributed by atoms with Crippen LogP contribution in [0.1, 0.15) is 38.4 Å². The zero-order valence-electron chi connectivity index (χ0n) is 10.4. The molecule has 90 valence electrons. The van der Waals surface area contributed by atoms with Crippen LogP contribution in [0, 0.1) is 11.3 Å². The van der Waals surface area contributed by atoms with Crippen molar-refractivity contribution >= 4 is 5.97 Å². The quantitative estimate of drug-likeness (QED) is 0.750. The van der Waals surface area contributed by atoms with Gasteiger partial charge in [0.05, 0.1) is 0 Å². The van der Waals surface area contributed by atoms with Crippen molar-refractivity contribution in [1.82, 2.24) is 4.98 Å². The monoisotopic (exact) mass is 232 g/mol. The highest BCUT2D eigenvalue weighted by molar-refractivity contribution is 5.70. The second kappa shape index (κ2) is 5.44. The number of hydrogen-bond donors (Lipinski definition) is 0. The fourth-order valence-corrected chi connectivity index (χ4v) is 1.33. The first kappa shape index (κ1) is 13.2. The van der Waals surface area contributed by atoms with Gasteiger partial charge >= 0.3 is 5.97 Å². The Morgan fingerprint density at radius 3 is 2.82 bits per heavy atom. The maximum atomic E-state index is 11.5. The minimum atomic E-state index is -0.451. The Labute approximate surface area is 101 Å². The fraction of sp³-hybridized carbons (Fsp3) is 0.462. The third-order valence-electron chi connectivity index (χ3n) is 1.98. The summed E-state index contributed by atoms with van der Waals surface area (Å²) in [6, 6.07) is 5.45. The van der Waals surface area contributed by atoms with Crippen molar-refractivity contribution < 1.29 is 9.53 Å². The molecule has 0 N–H and O–H groups in total. The lowest BCUT2D eigenvalue weighted by Gasteiger charge is -2.19. The minimum Gasteiger partial charge on any atom is -0.460 e. The van der Waals surface area contributed by atoms with E-state index in [1.165, 1.54) is 0 Å². The van der Waals surface area contributed by atoms with E-state index in [1.54, 1.807) is 18.3 Å². The van der Waals surface area contributed by atoms with Gasteiger partial charge in [-0.3, -0.25) is 4.79 Å². The lowest BCUT2D eigenvalue weighted by atomic mass is 10.1. The maximum Gasteiger partial charge on any atom is 0.306 e. The molecule has 0 bridgehead atoms. The third kappa shape index (κ3) is 5.12. The number of aromatic nitrogens is 1. The smallest absolute Gasteiger partial charge is 0.306 e. The van der Waals surface area contributed by atoms with Crippen molar-refractivity contribution in [3.8, 4) is 6.07 Å². The van der Waals surface area contributed by atoms with Crippen molar-refractivity contribution in [2.75, 3.05) is 0 Å². The summed E-state index contributed by atoms with van der Waals surface area (Å²) >= 11 is 0. The summed E-state index contributed by atoms with van der Waals surface area (Å²) < 4.78 is 5.20. The molecular formula is C13H16N2O2. The molecule has 0 aliphatic carbocycles. The highest BCUT2D eigenvalue weighted by Crippen LogP contribution is 2.10. The summed E-state index contributed by atoms with van der Waals surface area (Å²) in [5, 5.41) is 8.69. The first-order chi connectivity index (χ1) is 7.90. The molecule has 0 saturated heterocycles. The lowest BCUT2D eigenvalue weighted by molar-refractivity contribution is -0.154. The Morgan fingerprint density at radius 1 is 1.53 bits per heavy atom. The molecule has 0 fully saturated rings. The van der Waals surface area contributed by atoms with Crippen LogP contribution in [0.3, 0.4) is 0 Å². The number of ether oxygens (including phenoxy) is 1. The van der Waals surface area contributed by atoms with Gasteiger partial charge in [0.15, 0.2) is 0 Å². The highest BCUT2D eigenvalue weighted by Gasteiger charge is 2.15. The van der Waals surface area contributed by atoms with Gasteiger partial charge in [-0.1, -0.05) is 0 Å². The number of carbonyl (C=O) groups excluding carboxylic acids is 1. The molecule has 1 heterocycles. The molecule has 0 atom stereocenters. The molecule has 0 aliphatic heterocycles. The molecule has 1 aromatic rings. The number of pyridine rings is 1. The van der Waals surface area contributed by atoms with Gasteiger partial charge in [0.2, 0.25) is 0 Å². The van der Waals surface area contributed by atoms with Gasteiger partial charge in [-0.05, 0) is 44.9 Å². The van der Waals surface area contributed by atoms with Crippen molar-refractivity contribution in [1.29, 1.82) is 5.26 Å². The largest absolute Gasteiger partial charge is 0.460 e. The van der Waals surface area contributed by atoms with Crippen LogP contribution in [0.25, 0.3) is 0 Å². The molecule has 1 aromatic heterocycles. The predicted octanol–water partition coefficient (Wildman–Crippen LogP) is 2.23. The highest BCUT2D eigenvalue weighted by atomic mass is 16.6. The van der Waals surface area contributed by atoms with Gasteiger partial charge in [-0.25, -0.2) is 4.98 Å². The first-order valence-corrected chi connectivity index (χ1v) is 5.47. The van der Waals surface area contributed by atoms with Crippen LogP contribution < -0.4 is 0 Å². The topological polar surface area (TPSA) is 63.0 Å². The van der Waals surface area contributed by atoms with Gasteiger partial charge in [-0.2, -0.15) is 5.26 Å². The number of esters is 1. The van der Waals surface area contributed by atoms with Gasteiger partial charge in [-0.15, -0.1) is 0 Å². The standard InChI is InChI=1S/C13H16N2O2/c1-13(2,3)17-12(16)5-4-10-6-7-15-11(8-10)9-14/h6-8H,4-5H2,1-3H3. The number of nitriles is 1. The van der Waals surface area contributed by atoms with Gasteiger partial charge in [0.1, 0.15) is 17.4 Å². The number of aryl methyl sites for hydroxylation is 1. The molecule has 1 rings (SSSR count). The van der Waals surface area contributed by atoms with E-state index in [2.05, 4.69) is 4.98 Å². The van der Waals surface area contributed by atoms with Crippen molar-refractivity contribution in [3.63, 3.8) is 0 Å². The van der Waals surface area contributed by atoms with E-state index in [1.807, 2.05) is 26.8 Å². The van der Waals surface area contributed by atoms with Crippen LogP contribution in [0.4, 0.5) is 0 Å². The van der Waals surface area contributed by atoms with Crippen LogP contribution in [0.2, 0.25) is 0 Å². The second-order valence-corrected chi connectivity index (χ2v) is 4.75. The van der Waals surface area contributed by atoms with Crippen LogP contribution in [-0.4, -0.2) is 16.6 Å². The Morgan fingerprint density at radius 2 is 2.24 bits per heavy atom. The fourth-order valence-electron chi connectivity index (χ4n) is 1.33. The van der Waals surface area contributed by atoms with Gasteiger partial charge < -0.3 is 4.74 Å². The van der Waals surface area contributed by atoms with E-state index < -0.39 is 5.60 Å². The van der Waals surface area contributed by atoms with E-state index in [0.29, 0.717) is 18.5 Å². The van der Waals surface area contributed by atoms with E-state index in [9.17, 15) is 4.79 Å². The number of hydrogen-bond acceptors (Lipinski definition) is 4. The van der Waals surface area contributed by atoms with E-state index in [-0.39, 0.29) is 5.97 Å². The zero-order chi connectivity index (χ0) is 12.9. The summed E-state index contributed by atoms with van der Waals surface area (Å²) in [5.74, 6) is -0.229. The normalized spacial score (nSPS) is 10.7. The molecule has 4 heteroatoms. The molecule has 0 aliphatic rings. The Kier molecular flexibility index (Phi) is 4.22. The molecule has 0 amide bonds. The average Bonchev–Trinajstić information content (AvgIpc) is 2.24. The first-order valence-electron chi connectivity index (χ1n) is 5.47. The molecule has 0 saturated carbocycles. The zero-order valence-corrected chi connectivity index (χ0v) is 10.4. The summed E-state index contributed by atoms with van der Waals surface area (Å²) in [7, 11) is 0. The molecule has 17 heavy (non-hydrogen) atoms. The summed E-state index contributed by atoms with van der Waals surface area (Å²) in [6.07, 6.45) is 2.45. The number of nitrogens with zero attached hydrogens (tertiary/aromatic N) is 2. The van der Waals surface area contributed by atoms with E-state index in [0.717, 1.165) is 5.56 Å². The van der Waals surface area contributed by atoms with Crippen LogP contribution in [0.5, 0.6) is 0 Å². The van der Waals surface area contributed by atoms with Crippen molar-refractivity contribution in [3.05, 3.63) is 29.6 Å². The molecular weight excluding hydrogens is 216 g/mol. The van der Waals surface area contributed by atoms with Crippen molar-refractivity contribution in [2.45, 2.75) is 39.2 Å². The van der Waals surface area contributed by atoms with Crippen molar-refractivity contribution in [2.24, 2.45) is 0 Å². The molecule has 0 spiro atoms. The molecule has 0 radical (unpaired) electrons. The van der Waals surface area contributed by atoms with Gasteiger partial charge in [0.25, 0.3) is 0 Å². The number of rotatable bonds is 3. The Hall–Kier alpha value is -1.89. The summed E-state index contributed by atoms with van der Waals surface area (Å²) in [5.41, 5.74) is 0.835. The van der Waals surface area contributed by atoms with Crippen LogP contribution >= 0.6 is 0 Å². The Balaban J connectivity index is 2.51. The van der Waals surface area contributed by atoms with Crippen LogP contribution in [0.15, 0.2) is 18.3 Å². The Bertz CT molecular complexity index is 441. The summed E-state index contributed by atoms with van der Waals surface area (Å²) in [4.78, 5) is 15.4.